The first-order valence-electron chi connectivity index (χ1n) is 6.75. The van der Waals surface area contributed by atoms with E-state index in [9.17, 15) is 4.79 Å². The van der Waals surface area contributed by atoms with Crippen molar-refractivity contribution in [2.24, 2.45) is 0 Å². The Morgan fingerprint density at radius 2 is 2.00 bits per heavy atom. The fourth-order valence-electron chi connectivity index (χ4n) is 1.96. The molecule has 0 saturated carbocycles. The van der Waals surface area contributed by atoms with Gasteiger partial charge in [-0.05, 0) is 17.7 Å². The lowest BCUT2D eigenvalue weighted by Gasteiger charge is -2.11. The number of benzene rings is 1. The third-order valence-electron chi connectivity index (χ3n) is 3.10. The molecule has 0 unspecified atom stereocenters. The molecular formula is C16H19N3O2. The van der Waals surface area contributed by atoms with E-state index >= 15 is 0 Å². The number of carbonyl (C=O) groups excluding carboxylic acids is 1. The Morgan fingerprint density at radius 1 is 1.19 bits per heavy atom. The molecule has 1 aromatic carbocycles. The summed E-state index contributed by atoms with van der Waals surface area (Å²) in [7, 11) is 3.23. The van der Waals surface area contributed by atoms with E-state index in [-0.39, 0.29) is 5.91 Å². The number of hydrogen-bond acceptors (Lipinski definition) is 4. The summed E-state index contributed by atoms with van der Waals surface area (Å²) in [4.78, 5) is 15.9. The van der Waals surface area contributed by atoms with Gasteiger partial charge < -0.3 is 15.4 Å². The Bertz CT molecular complexity index is 614. The van der Waals surface area contributed by atoms with Gasteiger partial charge in [-0.15, -0.1) is 0 Å². The molecule has 0 saturated heterocycles. The van der Waals surface area contributed by atoms with E-state index in [1.807, 2.05) is 42.5 Å². The van der Waals surface area contributed by atoms with Crippen molar-refractivity contribution in [2.45, 2.75) is 13.0 Å². The van der Waals surface area contributed by atoms with Gasteiger partial charge in [-0.2, -0.15) is 0 Å². The summed E-state index contributed by atoms with van der Waals surface area (Å²) in [6.45, 7) is 0.571. The van der Waals surface area contributed by atoms with Gasteiger partial charge >= 0.3 is 0 Å². The number of carbonyl (C=O) groups is 1. The number of nitrogens with one attached hydrogen (secondary N) is 2. The summed E-state index contributed by atoms with van der Waals surface area (Å²) >= 11 is 0. The lowest BCUT2D eigenvalue weighted by molar-refractivity contribution is -0.119. The first-order chi connectivity index (χ1) is 10.2. The molecule has 2 aromatic rings. The van der Waals surface area contributed by atoms with Gasteiger partial charge in [0.25, 0.3) is 0 Å². The van der Waals surface area contributed by atoms with Crippen molar-refractivity contribution in [3.8, 4) is 5.88 Å². The topological polar surface area (TPSA) is 63.2 Å². The monoisotopic (exact) mass is 285 g/mol. The average molecular weight is 285 g/mol. The van der Waals surface area contributed by atoms with Crippen LogP contribution in [0.2, 0.25) is 0 Å². The lowest BCUT2D eigenvalue weighted by Crippen LogP contribution is -2.20. The Morgan fingerprint density at radius 3 is 2.76 bits per heavy atom. The maximum atomic E-state index is 11.5. The minimum absolute atomic E-state index is 0.0104. The van der Waals surface area contributed by atoms with Gasteiger partial charge in [-0.3, -0.25) is 4.79 Å². The normalized spacial score (nSPS) is 10.0. The fourth-order valence-corrected chi connectivity index (χ4v) is 1.96. The number of nitrogens with zero attached hydrogens (tertiary/aromatic N) is 1. The molecule has 1 heterocycles. The zero-order valence-corrected chi connectivity index (χ0v) is 12.2. The SMILES string of the molecule is CNC(=O)Cc1ccccc1NCc1cccc(OC)n1. The minimum atomic E-state index is -0.0104. The number of aromatic nitrogens is 1. The van der Waals surface area contributed by atoms with E-state index in [4.69, 9.17) is 4.74 Å². The molecule has 0 fully saturated rings. The van der Waals surface area contributed by atoms with Crippen LogP contribution in [0.4, 0.5) is 5.69 Å². The quantitative estimate of drug-likeness (QED) is 0.852. The highest BCUT2D eigenvalue weighted by atomic mass is 16.5. The molecule has 110 valence electrons. The van der Waals surface area contributed by atoms with Crippen molar-refractivity contribution in [1.82, 2.24) is 10.3 Å². The summed E-state index contributed by atoms with van der Waals surface area (Å²) in [5.74, 6) is 0.580. The lowest BCUT2D eigenvalue weighted by atomic mass is 10.1. The summed E-state index contributed by atoms with van der Waals surface area (Å²) < 4.78 is 5.11. The highest BCUT2D eigenvalue weighted by Gasteiger charge is 2.06. The average Bonchev–Trinajstić information content (AvgIpc) is 2.54. The van der Waals surface area contributed by atoms with Crippen LogP contribution in [0, 0.1) is 0 Å². The van der Waals surface area contributed by atoms with E-state index in [1.165, 1.54) is 0 Å². The predicted octanol–water partition coefficient (Wildman–Crippen LogP) is 1.99. The second-order valence-corrected chi connectivity index (χ2v) is 4.53. The Balaban J connectivity index is 2.07. The Kier molecular flexibility index (Phi) is 5.15. The molecule has 5 nitrogen and oxygen atoms in total. The number of anilines is 1. The van der Waals surface area contributed by atoms with Crippen molar-refractivity contribution in [3.05, 3.63) is 53.7 Å². The van der Waals surface area contributed by atoms with Gasteiger partial charge in [0.1, 0.15) is 0 Å². The third kappa shape index (κ3) is 4.21. The van der Waals surface area contributed by atoms with Crippen LogP contribution in [0.15, 0.2) is 42.5 Å². The zero-order chi connectivity index (χ0) is 15.1. The summed E-state index contributed by atoms with van der Waals surface area (Å²) in [5.41, 5.74) is 2.77. The van der Waals surface area contributed by atoms with Gasteiger partial charge in [-0.1, -0.05) is 24.3 Å². The highest BCUT2D eigenvalue weighted by molar-refractivity contribution is 5.80. The van der Waals surface area contributed by atoms with Crippen molar-refractivity contribution < 1.29 is 9.53 Å². The fraction of sp³-hybridized carbons (Fsp3) is 0.250. The zero-order valence-electron chi connectivity index (χ0n) is 12.2. The van der Waals surface area contributed by atoms with Crippen LogP contribution in [0.25, 0.3) is 0 Å². The summed E-state index contributed by atoms with van der Waals surface area (Å²) in [6.07, 6.45) is 0.352. The Hall–Kier alpha value is -2.56. The molecule has 0 bridgehead atoms. The first-order valence-corrected chi connectivity index (χ1v) is 6.75. The van der Waals surface area contributed by atoms with Crippen LogP contribution >= 0.6 is 0 Å². The molecule has 0 radical (unpaired) electrons. The number of para-hydroxylation sites is 1. The Labute approximate surface area is 124 Å². The molecule has 2 N–H and O–H groups in total. The second kappa shape index (κ2) is 7.28. The number of likely N-dealkylation sites (N-methyl/N-ethyl adjacent to an activating group) is 1. The second-order valence-electron chi connectivity index (χ2n) is 4.53. The number of methoxy groups -OCH3 is 1. The maximum Gasteiger partial charge on any atom is 0.224 e. The molecule has 1 amide bonds. The largest absolute Gasteiger partial charge is 0.481 e. The molecule has 0 spiro atoms. The molecule has 2 rings (SSSR count). The number of ether oxygens (including phenoxy) is 1. The molecule has 0 aliphatic rings. The van der Waals surface area contributed by atoms with Crippen LogP contribution < -0.4 is 15.4 Å². The summed E-state index contributed by atoms with van der Waals surface area (Å²) in [6, 6.07) is 13.4. The maximum absolute atomic E-state index is 11.5. The van der Waals surface area contributed by atoms with Crippen molar-refractivity contribution >= 4 is 11.6 Å². The van der Waals surface area contributed by atoms with E-state index in [2.05, 4.69) is 15.6 Å². The van der Waals surface area contributed by atoms with Crippen molar-refractivity contribution in [3.63, 3.8) is 0 Å². The van der Waals surface area contributed by atoms with E-state index in [0.717, 1.165) is 16.9 Å². The molecule has 1 aromatic heterocycles. The molecule has 0 aliphatic heterocycles. The molecule has 21 heavy (non-hydrogen) atoms. The van der Waals surface area contributed by atoms with E-state index < -0.39 is 0 Å². The molecular weight excluding hydrogens is 266 g/mol. The van der Waals surface area contributed by atoms with Crippen LogP contribution in [0.1, 0.15) is 11.3 Å². The number of hydrogen-bond donors (Lipinski definition) is 2. The number of amides is 1. The van der Waals surface area contributed by atoms with Gasteiger partial charge in [-0.25, -0.2) is 4.98 Å². The number of pyridine rings is 1. The van der Waals surface area contributed by atoms with E-state index in [0.29, 0.717) is 18.8 Å². The predicted molar refractivity (Wildman–Crippen MR) is 82.3 cm³/mol. The van der Waals surface area contributed by atoms with Gasteiger partial charge in [0.15, 0.2) is 0 Å². The summed E-state index contributed by atoms with van der Waals surface area (Å²) in [5, 5.41) is 5.95. The molecule has 5 heteroatoms. The van der Waals surface area contributed by atoms with Crippen LogP contribution in [-0.2, 0) is 17.8 Å². The van der Waals surface area contributed by atoms with Crippen molar-refractivity contribution in [1.29, 1.82) is 0 Å². The van der Waals surface area contributed by atoms with Crippen LogP contribution in [-0.4, -0.2) is 25.0 Å². The van der Waals surface area contributed by atoms with Gasteiger partial charge in [0.05, 0.1) is 25.8 Å². The first kappa shape index (κ1) is 14.8. The van der Waals surface area contributed by atoms with Gasteiger partial charge in [0.2, 0.25) is 11.8 Å². The standard InChI is InChI=1S/C16H19N3O2/c1-17-15(20)10-12-6-3-4-8-14(12)18-11-13-7-5-9-16(19-13)21-2/h3-9,18H,10-11H2,1-2H3,(H,17,20). The van der Waals surface area contributed by atoms with Gasteiger partial charge in [0, 0.05) is 18.8 Å². The number of rotatable bonds is 6. The van der Waals surface area contributed by atoms with Crippen LogP contribution in [0.3, 0.4) is 0 Å². The van der Waals surface area contributed by atoms with E-state index in [1.54, 1.807) is 14.2 Å². The van der Waals surface area contributed by atoms with Crippen molar-refractivity contribution in [2.75, 3.05) is 19.5 Å². The van der Waals surface area contributed by atoms with Crippen LogP contribution in [0.5, 0.6) is 5.88 Å². The minimum Gasteiger partial charge on any atom is -0.481 e. The third-order valence-corrected chi connectivity index (χ3v) is 3.10. The smallest absolute Gasteiger partial charge is 0.224 e. The molecule has 0 aliphatic carbocycles. The highest BCUT2D eigenvalue weighted by Crippen LogP contribution is 2.17. The molecule has 0 atom stereocenters.